The Hall–Kier alpha value is -2.44. The smallest absolute Gasteiger partial charge is 0.0758 e. The molecule has 30 heavy (non-hydrogen) atoms. The van der Waals surface area contributed by atoms with Gasteiger partial charge in [-0.25, -0.2) is 17.1 Å². The second-order valence-corrected chi connectivity index (χ2v) is 12.2. The maximum absolute atomic E-state index is 13.2. The zero-order valence-corrected chi connectivity index (χ0v) is 18.5. The molecule has 2 aliphatic heterocycles. The third-order valence-electron chi connectivity index (χ3n) is 5.25. The van der Waals surface area contributed by atoms with Crippen LogP contribution in [0.3, 0.4) is 0 Å². The highest BCUT2D eigenvalue weighted by atomic mass is 32.2. The van der Waals surface area contributed by atoms with Crippen molar-refractivity contribution in [2.24, 2.45) is 8.73 Å². The van der Waals surface area contributed by atoms with Gasteiger partial charge in [-0.05, 0) is 48.3 Å². The van der Waals surface area contributed by atoms with Crippen molar-refractivity contribution >= 4 is 19.5 Å². The topological polar surface area (TPSA) is 58.9 Å². The van der Waals surface area contributed by atoms with Crippen LogP contribution in [0.4, 0.5) is 0 Å². The van der Waals surface area contributed by atoms with Gasteiger partial charge >= 0.3 is 0 Å². The summed E-state index contributed by atoms with van der Waals surface area (Å²) < 4.78 is 35.6. The predicted molar refractivity (Wildman–Crippen MR) is 125 cm³/mol. The van der Waals surface area contributed by atoms with Crippen LogP contribution in [0.5, 0.6) is 0 Å². The molecule has 2 heterocycles. The van der Waals surface area contributed by atoms with Gasteiger partial charge in [-0.1, -0.05) is 60.7 Å². The van der Waals surface area contributed by atoms with Gasteiger partial charge in [0.25, 0.3) is 0 Å². The summed E-state index contributed by atoms with van der Waals surface area (Å²) in [6.45, 7) is 0.880. The minimum atomic E-state index is -2.37. The molecule has 2 atom stereocenters. The lowest BCUT2D eigenvalue weighted by Gasteiger charge is -2.07. The average molecular weight is 439 g/mol. The van der Waals surface area contributed by atoms with Crippen LogP contribution in [0.1, 0.15) is 12.8 Å². The zero-order chi connectivity index (χ0) is 20.9. The van der Waals surface area contributed by atoms with Gasteiger partial charge in [0.05, 0.1) is 32.5 Å². The first-order chi connectivity index (χ1) is 14.6. The van der Waals surface area contributed by atoms with Crippen molar-refractivity contribution in [1.82, 2.24) is 0 Å². The fraction of sp³-hybridized carbons (Fsp3) is 0.250. The van der Waals surface area contributed by atoms with Gasteiger partial charge in [0.2, 0.25) is 0 Å². The molecular weight excluding hydrogens is 412 g/mol. The molecule has 0 saturated heterocycles. The molecule has 0 radical (unpaired) electrons. The second-order valence-electron chi connectivity index (χ2n) is 7.36. The summed E-state index contributed by atoms with van der Waals surface area (Å²) in [5.74, 6) is 1.09. The van der Waals surface area contributed by atoms with Crippen molar-refractivity contribution in [2.75, 3.05) is 24.6 Å². The first-order valence-corrected chi connectivity index (χ1v) is 13.5. The monoisotopic (exact) mass is 438 g/mol. The maximum atomic E-state index is 13.2. The summed E-state index contributed by atoms with van der Waals surface area (Å²) in [6, 6.07) is 19.1. The number of hydrogen-bond acceptors (Lipinski definition) is 4. The number of allylic oxidation sites excluding steroid dienone is 2. The predicted octanol–water partition coefficient (Wildman–Crippen LogP) is 5.26. The van der Waals surface area contributed by atoms with Crippen LogP contribution in [0.15, 0.2) is 115 Å². The Kier molecular flexibility index (Phi) is 6.35. The SMILES string of the molecule is O=S1(c2ccccc2)=NCC(/C=C/C2=CCCS(=O)(c3ccccc3)=NC2)=CCC1. The lowest BCUT2D eigenvalue weighted by Crippen LogP contribution is -2.05. The molecule has 2 aromatic carbocycles. The molecule has 0 amide bonds. The number of benzene rings is 2. The summed E-state index contributed by atoms with van der Waals surface area (Å²) in [4.78, 5) is 1.62. The van der Waals surface area contributed by atoms with E-state index in [0.717, 1.165) is 33.8 Å². The van der Waals surface area contributed by atoms with Gasteiger partial charge in [0.1, 0.15) is 0 Å². The Labute approximate surface area is 179 Å². The van der Waals surface area contributed by atoms with E-state index in [4.69, 9.17) is 0 Å². The van der Waals surface area contributed by atoms with E-state index in [1.54, 1.807) is 0 Å². The largest absolute Gasteiger partial charge is 0.245 e. The molecule has 0 spiro atoms. The first-order valence-electron chi connectivity index (χ1n) is 10.1. The zero-order valence-electron chi connectivity index (χ0n) is 16.9. The van der Waals surface area contributed by atoms with E-state index in [1.165, 1.54) is 0 Å². The van der Waals surface area contributed by atoms with Crippen LogP contribution >= 0.6 is 0 Å². The van der Waals surface area contributed by atoms with E-state index >= 15 is 0 Å². The number of hydrogen-bond donors (Lipinski definition) is 0. The number of nitrogens with zero attached hydrogens (tertiary/aromatic N) is 2. The average Bonchev–Trinajstić information content (AvgIpc) is 3.10. The number of rotatable bonds is 4. The van der Waals surface area contributed by atoms with Crippen molar-refractivity contribution < 1.29 is 8.42 Å². The van der Waals surface area contributed by atoms with E-state index < -0.39 is 19.5 Å². The van der Waals surface area contributed by atoms with Crippen LogP contribution in [0, 0.1) is 0 Å². The Balaban J connectivity index is 1.48. The van der Waals surface area contributed by atoms with Gasteiger partial charge in [0.15, 0.2) is 0 Å². The molecular formula is C24H26N2O2S2. The molecule has 6 heteroatoms. The van der Waals surface area contributed by atoms with Crippen molar-refractivity contribution in [3.63, 3.8) is 0 Å². The molecule has 2 unspecified atom stereocenters. The second kappa shape index (κ2) is 9.14. The molecule has 4 rings (SSSR count). The molecule has 0 saturated carbocycles. The van der Waals surface area contributed by atoms with Gasteiger partial charge < -0.3 is 0 Å². The highest BCUT2D eigenvalue weighted by molar-refractivity contribution is 7.94. The van der Waals surface area contributed by atoms with Crippen molar-refractivity contribution in [3.05, 3.63) is 96.1 Å². The Morgan fingerprint density at radius 1 is 0.633 bits per heavy atom. The van der Waals surface area contributed by atoms with Gasteiger partial charge in [0, 0.05) is 21.3 Å². The molecule has 0 aromatic heterocycles. The molecule has 2 aromatic rings. The van der Waals surface area contributed by atoms with Gasteiger partial charge in [-0.2, -0.15) is 0 Å². The standard InChI is InChI=1S/C24H26N2O2S2/c27-29(23-11-3-1-4-12-23)17-7-9-21(19-25-29)15-16-22-10-8-18-30(28,26-20-22)24-13-5-2-6-14-24/h1-6,9-16H,7-8,17-20H2/b16-15+. The summed E-state index contributed by atoms with van der Waals surface area (Å²) >= 11 is 0. The van der Waals surface area contributed by atoms with Crippen LogP contribution in [-0.4, -0.2) is 33.0 Å². The van der Waals surface area contributed by atoms with Crippen LogP contribution in [-0.2, 0) is 19.5 Å². The molecule has 0 N–H and O–H groups in total. The Bertz CT molecular complexity index is 1130. The highest BCUT2D eigenvalue weighted by Gasteiger charge is 2.15. The Morgan fingerprint density at radius 2 is 1.03 bits per heavy atom. The van der Waals surface area contributed by atoms with Gasteiger partial charge in [-0.3, -0.25) is 0 Å². The molecule has 156 valence electrons. The van der Waals surface area contributed by atoms with Crippen LogP contribution in [0.2, 0.25) is 0 Å². The summed E-state index contributed by atoms with van der Waals surface area (Å²) in [7, 11) is -4.73. The van der Waals surface area contributed by atoms with E-state index in [9.17, 15) is 8.42 Å². The summed E-state index contributed by atoms with van der Waals surface area (Å²) in [5, 5.41) is 0. The maximum Gasteiger partial charge on any atom is 0.0758 e. The minimum Gasteiger partial charge on any atom is -0.245 e. The molecule has 0 bridgehead atoms. The fourth-order valence-electron chi connectivity index (χ4n) is 3.53. The van der Waals surface area contributed by atoms with Crippen LogP contribution in [0.25, 0.3) is 0 Å². The van der Waals surface area contributed by atoms with Crippen molar-refractivity contribution in [3.8, 4) is 0 Å². The summed E-state index contributed by atoms with van der Waals surface area (Å²) in [6.07, 6.45) is 9.80. The molecule has 0 aliphatic carbocycles. The van der Waals surface area contributed by atoms with E-state index in [-0.39, 0.29) is 0 Å². The highest BCUT2D eigenvalue weighted by Crippen LogP contribution is 2.22. The third kappa shape index (κ3) is 4.82. The fourth-order valence-corrected chi connectivity index (χ4v) is 7.31. The van der Waals surface area contributed by atoms with Gasteiger partial charge in [-0.15, -0.1) is 0 Å². The van der Waals surface area contributed by atoms with E-state index in [2.05, 4.69) is 20.9 Å². The van der Waals surface area contributed by atoms with E-state index in [0.29, 0.717) is 24.6 Å². The summed E-state index contributed by atoms with van der Waals surface area (Å²) in [5.41, 5.74) is 2.12. The van der Waals surface area contributed by atoms with Crippen molar-refractivity contribution in [1.29, 1.82) is 0 Å². The quantitative estimate of drug-likeness (QED) is 0.654. The lowest BCUT2D eigenvalue weighted by molar-refractivity contribution is 0.674. The normalized spacial score (nSPS) is 27.2. The molecule has 4 nitrogen and oxygen atoms in total. The van der Waals surface area contributed by atoms with Crippen molar-refractivity contribution in [2.45, 2.75) is 22.6 Å². The lowest BCUT2D eigenvalue weighted by atomic mass is 10.1. The van der Waals surface area contributed by atoms with Crippen LogP contribution < -0.4 is 0 Å². The first kappa shape index (κ1) is 20.8. The third-order valence-corrected chi connectivity index (χ3v) is 9.94. The van der Waals surface area contributed by atoms with E-state index in [1.807, 2.05) is 72.8 Å². The molecule has 2 aliphatic rings. The minimum absolute atomic E-state index is 0.440. The molecule has 0 fully saturated rings. The Morgan fingerprint density at radius 3 is 1.43 bits per heavy atom.